The molecule has 3 nitrogen and oxygen atoms in total. The van der Waals surface area contributed by atoms with Crippen molar-refractivity contribution in [2.24, 2.45) is 0 Å². The zero-order valence-electron chi connectivity index (χ0n) is 9.70. The Morgan fingerprint density at radius 2 is 1.53 bits per heavy atom. The molecule has 0 radical (unpaired) electrons. The van der Waals surface area contributed by atoms with Gasteiger partial charge in [-0.05, 0) is 17.7 Å². The second-order valence-corrected chi connectivity index (χ2v) is 4.14. The maximum absolute atomic E-state index is 9.29. The van der Waals surface area contributed by atoms with Crippen molar-refractivity contribution >= 4 is 0 Å². The second kappa shape index (κ2) is 4.53. The molecule has 1 N–H and O–H groups in total. The third-order valence-corrected chi connectivity index (χ3v) is 2.53. The van der Waals surface area contributed by atoms with E-state index in [4.69, 9.17) is 9.47 Å². The summed E-state index contributed by atoms with van der Waals surface area (Å²) in [5, 5.41) is 9.29. The summed E-state index contributed by atoms with van der Waals surface area (Å²) in [6.45, 7) is 4.03. The minimum atomic E-state index is -0.290. The van der Waals surface area contributed by atoms with Crippen molar-refractivity contribution in [3.05, 3.63) is 23.8 Å². The van der Waals surface area contributed by atoms with E-state index in [-0.39, 0.29) is 12.0 Å². The Morgan fingerprint density at radius 3 is 1.87 bits per heavy atom. The lowest BCUT2D eigenvalue weighted by Gasteiger charge is -2.23. The van der Waals surface area contributed by atoms with Gasteiger partial charge in [0.05, 0.1) is 20.8 Å². The highest BCUT2D eigenvalue weighted by Crippen LogP contribution is 2.30. The van der Waals surface area contributed by atoms with Gasteiger partial charge in [0.25, 0.3) is 0 Å². The molecular weight excluding hydrogens is 192 g/mol. The fraction of sp³-hybridized carbons (Fsp3) is 0.500. The first-order valence-corrected chi connectivity index (χ1v) is 4.88. The molecule has 0 spiro atoms. The first-order valence-electron chi connectivity index (χ1n) is 4.88. The van der Waals surface area contributed by atoms with Crippen molar-refractivity contribution in [2.45, 2.75) is 19.3 Å². The molecule has 0 atom stereocenters. The van der Waals surface area contributed by atoms with Gasteiger partial charge in [-0.15, -0.1) is 0 Å². The Kier molecular flexibility index (Phi) is 3.58. The summed E-state index contributed by atoms with van der Waals surface area (Å²) < 4.78 is 10.4. The summed E-state index contributed by atoms with van der Waals surface area (Å²) in [7, 11) is 3.23. The Bertz CT molecular complexity index is 309. The number of ether oxygens (including phenoxy) is 2. The molecule has 1 aromatic rings. The zero-order chi connectivity index (χ0) is 11.5. The van der Waals surface area contributed by atoms with E-state index < -0.39 is 0 Å². The summed E-state index contributed by atoms with van der Waals surface area (Å²) in [6.07, 6.45) is 0. The van der Waals surface area contributed by atoms with E-state index >= 15 is 0 Å². The lowest BCUT2D eigenvalue weighted by molar-refractivity contribution is 0.218. The van der Waals surface area contributed by atoms with Crippen LogP contribution in [0.15, 0.2) is 18.2 Å². The molecule has 0 aliphatic heterocycles. The minimum absolute atomic E-state index is 0.0866. The average Bonchev–Trinajstić information content (AvgIpc) is 2.28. The quantitative estimate of drug-likeness (QED) is 0.825. The van der Waals surface area contributed by atoms with Crippen LogP contribution < -0.4 is 9.47 Å². The molecule has 0 amide bonds. The van der Waals surface area contributed by atoms with Gasteiger partial charge in [0.1, 0.15) is 11.5 Å². The Labute approximate surface area is 90.6 Å². The number of aliphatic hydroxyl groups is 1. The summed E-state index contributed by atoms with van der Waals surface area (Å²) in [5.74, 6) is 1.48. The first kappa shape index (κ1) is 11.9. The second-order valence-electron chi connectivity index (χ2n) is 4.14. The van der Waals surface area contributed by atoms with Crippen molar-refractivity contribution in [1.82, 2.24) is 0 Å². The number of hydrogen-bond donors (Lipinski definition) is 1. The maximum atomic E-state index is 9.29. The molecule has 0 aromatic heterocycles. The lowest BCUT2D eigenvalue weighted by Crippen LogP contribution is -2.22. The smallest absolute Gasteiger partial charge is 0.122 e. The van der Waals surface area contributed by atoms with Gasteiger partial charge in [0.2, 0.25) is 0 Å². The molecule has 0 unspecified atom stereocenters. The van der Waals surface area contributed by atoms with Gasteiger partial charge in [-0.2, -0.15) is 0 Å². The lowest BCUT2D eigenvalue weighted by atomic mass is 9.85. The van der Waals surface area contributed by atoms with Crippen LogP contribution in [0, 0.1) is 0 Å². The normalized spacial score (nSPS) is 11.3. The van der Waals surface area contributed by atoms with Gasteiger partial charge >= 0.3 is 0 Å². The van der Waals surface area contributed by atoms with E-state index in [0.29, 0.717) is 0 Å². The van der Waals surface area contributed by atoms with Crippen LogP contribution in [-0.2, 0) is 5.41 Å². The molecule has 0 heterocycles. The number of benzene rings is 1. The molecule has 0 bridgehead atoms. The average molecular weight is 210 g/mol. The van der Waals surface area contributed by atoms with Gasteiger partial charge in [-0.25, -0.2) is 0 Å². The van der Waals surface area contributed by atoms with E-state index in [1.54, 1.807) is 14.2 Å². The molecule has 1 aromatic carbocycles. The number of methoxy groups -OCH3 is 2. The Morgan fingerprint density at radius 1 is 1.07 bits per heavy atom. The predicted octanol–water partition coefficient (Wildman–Crippen LogP) is 1.97. The summed E-state index contributed by atoms with van der Waals surface area (Å²) >= 11 is 0. The number of rotatable bonds is 4. The predicted molar refractivity (Wildman–Crippen MR) is 59.7 cm³/mol. The zero-order valence-corrected chi connectivity index (χ0v) is 9.70. The van der Waals surface area contributed by atoms with E-state index in [1.807, 2.05) is 32.0 Å². The Balaban J connectivity index is 3.18. The molecule has 84 valence electrons. The highest BCUT2D eigenvalue weighted by molar-refractivity contribution is 5.41. The van der Waals surface area contributed by atoms with Crippen LogP contribution in [0.1, 0.15) is 19.4 Å². The number of aliphatic hydroxyl groups excluding tert-OH is 1. The number of hydrogen-bond acceptors (Lipinski definition) is 3. The van der Waals surface area contributed by atoms with Crippen LogP contribution in [0.25, 0.3) is 0 Å². The van der Waals surface area contributed by atoms with Crippen molar-refractivity contribution in [3.63, 3.8) is 0 Å². The molecular formula is C12H18O3. The highest BCUT2D eigenvalue weighted by Gasteiger charge is 2.20. The van der Waals surface area contributed by atoms with Crippen molar-refractivity contribution < 1.29 is 14.6 Å². The fourth-order valence-corrected chi connectivity index (χ4v) is 1.29. The fourth-order valence-electron chi connectivity index (χ4n) is 1.29. The maximum Gasteiger partial charge on any atom is 0.122 e. The summed E-state index contributed by atoms with van der Waals surface area (Å²) in [5.41, 5.74) is 0.711. The van der Waals surface area contributed by atoms with Gasteiger partial charge in [-0.3, -0.25) is 0 Å². The van der Waals surface area contributed by atoms with Gasteiger partial charge < -0.3 is 14.6 Å². The largest absolute Gasteiger partial charge is 0.497 e. The van der Waals surface area contributed by atoms with Gasteiger partial charge in [0, 0.05) is 11.5 Å². The van der Waals surface area contributed by atoms with E-state index in [2.05, 4.69) is 0 Å². The Hall–Kier alpha value is -1.22. The van der Waals surface area contributed by atoms with Crippen LogP contribution in [0.3, 0.4) is 0 Å². The third-order valence-electron chi connectivity index (χ3n) is 2.53. The van der Waals surface area contributed by atoms with E-state index in [0.717, 1.165) is 17.1 Å². The van der Waals surface area contributed by atoms with Gasteiger partial charge in [-0.1, -0.05) is 13.8 Å². The first-order chi connectivity index (χ1) is 7.03. The molecule has 0 aliphatic carbocycles. The molecule has 3 heteroatoms. The minimum Gasteiger partial charge on any atom is -0.497 e. The standard InChI is InChI=1S/C12H18O3/c1-12(2,8-13)9-5-10(14-3)7-11(6-9)15-4/h5-7,13H,8H2,1-4H3. The summed E-state index contributed by atoms with van der Waals surface area (Å²) in [4.78, 5) is 0. The molecule has 0 saturated heterocycles. The monoisotopic (exact) mass is 210 g/mol. The molecule has 0 saturated carbocycles. The van der Waals surface area contributed by atoms with Crippen LogP contribution in [0.4, 0.5) is 0 Å². The van der Waals surface area contributed by atoms with Crippen LogP contribution in [0.5, 0.6) is 11.5 Å². The van der Waals surface area contributed by atoms with Crippen LogP contribution in [-0.4, -0.2) is 25.9 Å². The molecule has 1 rings (SSSR count). The van der Waals surface area contributed by atoms with Crippen molar-refractivity contribution in [3.8, 4) is 11.5 Å². The topological polar surface area (TPSA) is 38.7 Å². The SMILES string of the molecule is COc1cc(OC)cc(C(C)(C)CO)c1. The van der Waals surface area contributed by atoms with Gasteiger partial charge in [0.15, 0.2) is 0 Å². The van der Waals surface area contributed by atoms with E-state index in [9.17, 15) is 5.11 Å². The molecule has 0 aliphatic rings. The van der Waals surface area contributed by atoms with Crippen molar-refractivity contribution in [2.75, 3.05) is 20.8 Å². The highest BCUT2D eigenvalue weighted by atomic mass is 16.5. The van der Waals surface area contributed by atoms with Crippen LogP contribution >= 0.6 is 0 Å². The van der Waals surface area contributed by atoms with E-state index in [1.165, 1.54) is 0 Å². The third kappa shape index (κ3) is 2.63. The molecule has 0 fully saturated rings. The van der Waals surface area contributed by atoms with Crippen molar-refractivity contribution in [1.29, 1.82) is 0 Å². The van der Waals surface area contributed by atoms with Crippen LogP contribution in [0.2, 0.25) is 0 Å². The molecule has 15 heavy (non-hydrogen) atoms. The summed E-state index contributed by atoms with van der Waals surface area (Å²) in [6, 6.07) is 5.65.